The number of aryl methyl sites for hydroxylation is 1. The van der Waals surface area contributed by atoms with Gasteiger partial charge >= 0.3 is 0 Å². The maximum atomic E-state index is 12.1. The van der Waals surface area contributed by atoms with Crippen molar-refractivity contribution in [3.63, 3.8) is 0 Å². The lowest BCUT2D eigenvalue weighted by atomic mass is 10.2. The van der Waals surface area contributed by atoms with Crippen molar-refractivity contribution >= 4 is 9.84 Å². The highest BCUT2D eigenvalue weighted by molar-refractivity contribution is 7.92. The molecular formula is C10H18N4O3S. The molecule has 1 aromatic rings. The van der Waals surface area contributed by atoms with Gasteiger partial charge in [-0.05, 0) is 12.8 Å². The second-order valence-corrected chi connectivity index (χ2v) is 6.76. The minimum atomic E-state index is -3.08. The van der Waals surface area contributed by atoms with E-state index in [1.807, 2.05) is 0 Å². The van der Waals surface area contributed by atoms with E-state index in [1.165, 1.54) is 4.68 Å². The molecule has 7 nitrogen and oxygen atoms in total. The fourth-order valence-corrected chi connectivity index (χ4v) is 3.65. The van der Waals surface area contributed by atoms with Gasteiger partial charge in [0.05, 0.1) is 23.2 Å². The summed E-state index contributed by atoms with van der Waals surface area (Å²) in [5, 5.41) is 7.38. The number of sulfone groups is 1. The van der Waals surface area contributed by atoms with E-state index in [4.69, 9.17) is 10.5 Å². The second kappa shape index (κ2) is 5.77. The standard InChI is InChI=1S/C10H18N4O3S/c11-7-9-8-14(13-12-9)3-6-18(15,16)10-1-4-17-5-2-10/h8,10H,1-7,11H2. The van der Waals surface area contributed by atoms with Crippen molar-refractivity contribution in [1.82, 2.24) is 15.0 Å². The molecule has 18 heavy (non-hydrogen) atoms. The van der Waals surface area contributed by atoms with Crippen LogP contribution in [-0.2, 0) is 27.7 Å². The van der Waals surface area contributed by atoms with Crippen molar-refractivity contribution in [1.29, 1.82) is 0 Å². The molecule has 102 valence electrons. The summed E-state index contributed by atoms with van der Waals surface area (Å²) in [6, 6.07) is 0. The number of rotatable bonds is 5. The lowest BCUT2D eigenvalue weighted by Crippen LogP contribution is -2.32. The highest BCUT2D eigenvalue weighted by atomic mass is 32.2. The first kappa shape index (κ1) is 13.4. The number of nitrogens with zero attached hydrogens (tertiary/aromatic N) is 3. The normalized spacial score (nSPS) is 18.1. The summed E-state index contributed by atoms with van der Waals surface area (Å²) in [4.78, 5) is 0. The molecule has 2 rings (SSSR count). The SMILES string of the molecule is NCc1cn(CCS(=O)(=O)C2CCOCC2)nn1. The fraction of sp³-hybridized carbons (Fsp3) is 0.800. The molecule has 0 spiro atoms. The van der Waals surface area contributed by atoms with Crippen LogP contribution in [0.25, 0.3) is 0 Å². The molecule has 0 unspecified atom stereocenters. The van der Waals surface area contributed by atoms with E-state index >= 15 is 0 Å². The van der Waals surface area contributed by atoms with Crippen LogP contribution in [0.3, 0.4) is 0 Å². The van der Waals surface area contributed by atoms with Crippen LogP contribution in [0.2, 0.25) is 0 Å². The van der Waals surface area contributed by atoms with Crippen molar-refractivity contribution in [2.75, 3.05) is 19.0 Å². The number of nitrogens with two attached hydrogens (primary N) is 1. The van der Waals surface area contributed by atoms with Crippen LogP contribution in [0.1, 0.15) is 18.5 Å². The first-order chi connectivity index (χ1) is 8.62. The monoisotopic (exact) mass is 274 g/mol. The first-order valence-corrected chi connectivity index (χ1v) is 7.72. The van der Waals surface area contributed by atoms with Gasteiger partial charge in [0.1, 0.15) is 0 Å². The maximum absolute atomic E-state index is 12.1. The largest absolute Gasteiger partial charge is 0.381 e. The molecule has 2 heterocycles. The Balaban J connectivity index is 1.91. The summed E-state index contributed by atoms with van der Waals surface area (Å²) < 4.78 is 30.9. The Bertz CT molecular complexity index is 479. The lowest BCUT2D eigenvalue weighted by molar-refractivity contribution is 0.0983. The first-order valence-electron chi connectivity index (χ1n) is 6.00. The highest BCUT2D eigenvalue weighted by Crippen LogP contribution is 2.16. The van der Waals surface area contributed by atoms with Crippen LogP contribution in [-0.4, -0.2) is 47.6 Å². The Kier molecular flexibility index (Phi) is 4.31. The van der Waals surface area contributed by atoms with Crippen LogP contribution >= 0.6 is 0 Å². The summed E-state index contributed by atoms with van der Waals surface area (Å²) >= 11 is 0. The van der Waals surface area contributed by atoms with Crippen molar-refractivity contribution in [2.45, 2.75) is 31.2 Å². The summed E-state index contributed by atoms with van der Waals surface area (Å²) in [6.45, 7) is 1.70. The maximum Gasteiger partial charge on any atom is 0.155 e. The van der Waals surface area contributed by atoms with Gasteiger partial charge in [0.2, 0.25) is 0 Å². The smallest absolute Gasteiger partial charge is 0.155 e. The molecule has 1 aliphatic rings. The van der Waals surface area contributed by atoms with Crippen LogP contribution in [0, 0.1) is 0 Å². The molecule has 0 bridgehead atoms. The van der Waals surface area contributed by atoms with Gasteiger partial charge in [-0.25, -0.2) is 8.42 Å². The molecule has 0 aliphatic carbocycles. The Hall–Kier alpha value is -0.990. The molecule has 1 aliphatic heterocycles. The number of aromatic nitrogens is 3. The average Bonchev–Trinajstić information content (AvgIpc) is 2.86. The zero-order chi connectivity index (χ0) is 13.0. The zero-order valence-corrected chi connectivity index (χ0v) is 11.0. The molecule has 0 atom stereocenters. The Morgan fingerprint density at radius 1 is 1.44 bits per heavy atom. The molecule has 1 aromatic heterocycles. The van der Waals surface area contributed by atoms with Crippen molar-refractivity contribution in [3.05, 3.63) is 11.9 Å². The quantitative estimate of drug-likeness (QED) is 0.764. The number of hydrogen-bond acceptors (Lipinski definition) is 6. The summed E-state index contributed by atoms with van der Waals surface area (Å²) in [7, 11) is -3.08. The highest BCUT2D eigenvalue weighted by Gasteiger charge is 2.27. The molecule has 0 radical (unpaired) electrons. The molecule has 0 aromatic carbocycles. The predicted octanol–water partition coefficient (Wildman–Crippen LogP) is -0.669. The van der Waals surface area contributed by atoms with E-state index in [9.17, 15) is 8.42 Å². The van der Waals surface area contributed by atoms with E-state index < -0.39 is 9.84 Å². The van der Waals surface area contributed by atoms with E-state index in [-0.39, 0.29) is 11.0 Å². The number of hydrogen-bond donors (Lipinski definition) is 1. The molecule has 1 fully saturated rings. The third kappa shape index (κ3) is 3.27. The minimum absolute atomic E-state index is 0.0883. The van der Waals surface area contributed by atoms with Crippen molar-refractivity contribution < 1.29 is 13.2 Å². The predicted molar refractivity (Wildman–Crippen MR) is 65.5 cm³/mol. The third-order valence-electron chi connectivity index (χ3n) is 3.08. The van der Waals surface area contributed by atoms with Crippen molar-refractivity contribution in [2.24, 2.45) is 5.73 Å². The topological polar surface area (TPSA) is 100 Å². The van der Waals surface area contributed by atoms with Crippen LogP contribution in [0.4, 0.5) is 0 Å². The average molecular weight is 274 g/mol. The van der Waals surface area contributed by atoms with E-state index in [2.05, 4.69) is 10.3 Å². The van der Waals surface area contributed by atoms with E-state index in [0.717, 1.165) is 0 Å². The number of ether oxygens (including phenoxy) is 1. The van der Waals surface area contributed by atoms with Gasteiger partial charge in [-0.3, -0.25) is 4.68 Å². The van der Waals surface area contributed by atoms with Gasteiger partial charge in [-0.1, -0.05) is 5.21 Å². The van der Waals surface area contributed by atoms with Gasteiger partial charge in [-0.15, -0.1) is 5.10 Å². The van der Waals surface area contributed by atoms with Gasteiger partial charge in [0.15, 0.2) is 9.84 Å². The third-order valence-corrected chi connectivity index (χ3v) is 5.32. The van der Waals surface area contributed by atoms with Crippen molar-refractivity contribution in [3.8, 4) is 0 Å². The Morgan fingerprint density at radius 3 is 2.78 bits per heavy atom. The fourth-order valence-electron chi connectivity index (χ4n) is 1.96. The van der Waals surface area contributed by atoms with Crippen LogP contribution in [0.15, 0.2) is 6.20 Å². The van der Waals surface area contributed by atoms with Gasteiger partial charge in [0, 0.05) is 26.0 Å². The molecule has 8 heteroatoms. The Labute approximate surface area is 106 Å². The zero-order valence-electron chi connectivity index (χ0n) is 10.2. The van der Waals surface area contributed by atoms with Gasteiger partial charge in [0.25, 0.3) is 0 Å². The van der Waals surface area contributed by atoms with E-state index in [0.29, 0.717) is 44.8 Å². The van der Waals surface area contributed by atoms with Gasteiger partial charge < -0.3 is 10.5 Å². The molecule has 0 amide bonds. The Morgan fingerprint density at radius 2 is 2.17 bits per heavy atom. The summed E-state index contributed by atoms with van der Waals surface area (Å²) in [6.07, 6.45) is 2.86. The molecular weight excluding hydrogens is 256 g/mol. The molecule has 0 saturated carbocycles. The van der Waals surface area contributed by atoms with Crippen LogP contribution < -0.4 is 5.73 Å². The summed E-state index contributed by atoms with van der Waals surface area (Å²) in [5.41, 5.74) is 6.08. The van der Waals surface area contributed by atoms with E-state index in [1.54, 1.807) is 6.20 Å². The van der Waals surface area contributed by atoms with Gasteiger partial charge in [-0.2, -0.15) is 0 Å². The molecule has 1 saturated heterocycles. The summed E-state index contributed by atoms with van der Waals surface area (Å²) in [5.74, 6) is 0.0883. The second-order valence-electron chi connectivity index (χ2n) is 4.36. The van der Waals surface area contributed by atoms with Crippen LogP contribution in [0.5, 0.6) is 0 Å². The lowest BCUT2D eigenvalue weighted by Gasteiger charge is -2.21. The molecule has 2 N–H and O–H groups in total. The minimum Gasteiger partial charge on any atom is -0.381 e.